The number of thiol groups is 1. The van der Waals surface area contributed by atoms with Gasteiger partial charge in [0.05, 0.1) is 6.04 Å². The van der Waals surface area contributed by atoms with Gasteiger partial charge in [0.15, 0.2) is 0 Å². The summed E-state index contributed by atoms with van der Waals surface area (Å²) in [4.78, 5) is 63.5. The molecule has 214 valence electrons. The highest BCUT2D eigenvalue weighted by molar-refractivity contribution is 7.96. The first-order valence-corrected chi connectivity index (χ1v) is 13.7. The first kappa shape index (κ1) is 30.7. The summed E-state index contributed by atoms with van der Waals surface area (Å²) in [5.74, 6) is -2.09. The van der Waals surface area contributed by atoms with Crippen molar-refractivity contribution in [2.24, 2.45) is 11.8 Å². The van der Waals surface area contributed by atoms with Crippen molar-refractivity contribution in [2.45, 2.75) is 57.8 Å². The van der Waals surface area contributed by atoms with Crippen LogP contribution >= 0.6 is 12.6 Å². The molecule has 2 aromatic carbocycles. The van der Waals surface area contributed by atoms with Crippen LogP contribution in [-0.2, 0) is 36.9 Å². The molecule has 4 amide bonds. The molecule has 0 aliphatic carbocycles. The minimum Gasteiger partial charge on any atom is -0.445 e. The molecule has 1 aliphatic heterocycles. The Bertz CT molecular complexity index is 1180. The maximum absolute atomic E-state index is 13.4. The van der Waals surface area contributed by atoms with Crippen LogP contribution in [0.1, 0.15) is 37.8 Å². The Hall–Kier alpha value is -3.86. The molecular weight excluding hydrogens is 532 g/mol. The van der Waals surface area contributed by atoms with E-state index in [1.807, 2.05) is 60.7 Å². The molecule has 10 nitrogen and oxygen atoms in total. The molecule has 4 N–H and O–H groups in total. The molecule has 1 aliphatic rings. The van der Waals surface area contributed by atoms with E-state index in [2.05, 4.69) is 33.9 Å². The molecule has 40 heavy (non-hydrogen) atoms. The number of benzene rings is 2. The van der Waals surface area contributed by atoms with Crippen LogP contribution in [0.25, 0.3) is 0 Å². The van der Waals surface area contributed by atoms with E-state index < -0.39 is 47.1 Å². The summed E-state index contributed by atoms with van der Waals surface area (Å²) in [5.41, 5.74) is 1.58. The Balaban J connectivity index is 1.70. The minimum absolute atomic E-state index is 0.0380. The van der Waals surface area contributed by atoms with Crippen molar-refractivity contribution in [3.05, 3.63) is 71.8 Å². The van der Waals surface area contributed by atoms with Crippen LogP contribution in [0.15, 0.2) is 60.7 Å². The molecule has 1 saturated heterocycles. The Morgan fingerprint density at radius 1 is 0.900 bits per heavy atom. The van der Waals surface area contributed by atoms with E-state index >= 15 is 0 Å². The fraction of sp³-hybridized carbons (Fsp3) is 0.414. The largest absolute Gasteiger partial charge is 0.445 e. The number of ether oxygens (including phenoxy) is 1. The van der Waals surface area contributed by atoms with E-state index in [0.717, 1.165) is 11.1 Å². The molecule has 1 heterocycles. The standard InChI is InChI=1S/C29H36N4O6S/c1-18(2)24(33-29(38)39-17-20-11-7-4-8-12-20)27(36)31-22(15-19-9-5-3-6-10-19)26(35)32-23(28(37)40)16-21-13-14-30-25(21)34/h3-12,18,21-24H,13-17H2,1-2H3,(H,30,34)(H,31,36)(H,32,35)(H,33,38)(H,37,40)/t21-,22-,23-,24-/m0/s1. The van der Waals surface area contributed by atoms with Crippen molar-refractivity contribution in [2.75, 3.05) is 6.54 Å². The van der Waals surface area contributed by atoms with Gasteiger partial charge in [-0.05, 0) is 29.9 Å². The lowest BCUT2D eigenvalue weighted by Gasteiger charge is -2.26. The lowest BCUT2D eigenvalue weighted by atomic mass is 9.98. The predicted octanol–water partition coefficient (Wildman–Crippen LogP) is 2.13. The fourth-order valence-electron chi connectivity index (χ4n) is 4.40. The zero-order valence-corrected chi connectivity index (χ0v) is 23.5. The third-order valence-electron chi connectivity index (χ3n) is 6.65. The molecule has 0 bridgehead atoms. The Morgan fingerprint density at radius 3 is 2.05 bits per heavy atom. The van der Waals surface area contributed by atoms with E-state index in [4.69, 9.17) is 4.74 Å². The molecular formula is C29H36N4O6S. The molecule has 0 spiro atoms. The Labute approximate surface area is 239 Å². The topological polar surface area (TPSA) is 143 Å². The summed E-state index contributed by atoms with van der Waals surface area (Å²) in [6.45, 7) is 4.07. The zero-order chi connectivity index (χ0) is 29.1. The average Bonchev–Trinajstić information content (AvgIpc) is 3.34. The molecule has 0 radical (unpaired) electrons. The van der Waals surface area contributed by atoms with Gasteiger partial charge >= 0.3 is 6.09 Å². The normalized spacial score (nSPS) is 16.8. The Morgan fingerprint density at radius 2 is 1.50 bits per heavy atom. The van der Waals surface area contributed by atoms with Crippen molar-refractivity contribution in [1.82, 2.24) is 21.3 Å². The summed E-state index contributed by atoms with van der Waals surface area (Å²) >= 11 is 3.92. The summed E-state index contributed by atoms with van der Waals surface area (Å²) < 4.78 is 5.27. The monoisotopic (exact) mass is 568 g/mol. The first-order chi connectivity index (χ1) is 19.1. The van der Waals surface area contributed by atoms with E-state index in [9.17, 15) is 24.0 Å². The van der Waals surface area contributed by atoms with Crippen LogP contribution in [-0.4, -0.2) is 53.6 Å². The molecule has 1 fully saturated rings. The third kappa shape index (κ3) is 9.41. The molecule has 3 rings (SSSR count). The molecule has 0 unspecified atom stereocenters. The number of carbonyl (C=O) groups is 5. The van der Waals surface area contributed by atoms with Gasteiger partial charge in [0.25, 0.3) is 0 Å². The number of nitrogens with one attached hydrogen (secondary N) is 4. The van der Waals surface area contributed by atoms with Crippen LogP contribution in [0, 0.1) is 11.8 Å². The van der Waals surface area contributed by atoms with Crippen LogP contribution < -0.4 is 21.3 Å². The van der Waals surface area contributed by atoms with Gasteiger partial charge in [0.1, 0.15) is 18.7 Å². The second-order valence-electron chi connectivity index (χ2n) is 10.1. The third-order valence-corrected chi connectivity index (χ3v) is 6.96. The highest BCUT2D eigenvalue weighted by Gasteiger charge is 2.33. The van der Waals surface area contributed by atoms with Crippen LogP contribution in [0.3, 0.4) is 0 Å². The van der Waals surface area contributed by atoms with Crippen molar-refractivity contribution in [3.63, 3.8) is 0 Å². The number of carbonyl (C=O) groups excluding carboxylic acids is 5. The van der Waals surface area contributed by atoms with Crippen molar-refractivity contribution in [3.8, 4) is 0 Å². The van der Waals surface area contributed by atoms with Gasteiger partial charge in [0, 0.05) is 18.9 Å². The fourth-order valence-corrected chi connectivity index (χ4v) is 4.57. The second kappa shape index (κ2) is 15.1. The molecule has 2 aromatic rings. The average molecular weight is 569 g/mol. The van der Waals surface area contributed by atoms with E-state index in [1.54, 1.807) is 13.8 Å². The summed E-state index contributed by atoms with van der Waals surface area (Å²) in [5, 5.41) is 10.1. The van der Waals surface area contributed by atoms with E-state index in [1.165, 1.54) is 0 Å². The lowest BCUT2D eigenvalue weighted by Crippen LogP contribution is -2.57. The lowest BCUT2D eigenvalue weighted by molar-refractivity contribution is -0.131. The smallest absolute Gasteiger partial charge is 0.408 e. The summed E-state index contributed by atoms with van der Waals surface area (Å²) in [7, 11) is 0. The van der Waals surface area contributed by atoms with Crippen LogP contribution in [0.4, 0.5) is 4.79 Å². The molecule has 4 atom stereocenters. The van der Waals surface area contributed by atoms with Crippen LogP contribution in [0.5, 0.6) is 0 Å². The van der Waals surface area contributed by atoms with Gasteiger partial charge in [-0.1, -0.05) is 74.5 Å². The number of alkyl carbamates (subject to hydrolysis) is 1. The SMILES string of the molecule is CC(C)[C@H](NC(=O)OCc1ccccc1)C(=O)N[C@@H](Cc1ccccc1)C(=O)N[C@@H](C[C@@H]1CCNC1=O)C(=O)S. The van der Waals surface area contributed by atoms with Crippen molar-refractivity contribution < 1.29 is 28.7 Å². The molecule has 0 saturated carbocycles. The van der Waals surface area contributed by atoms with Gasteiger partial charge < -0.3 is 26.0 Å². The van der Waals surface area contributed by atoms with Gasteiger partial charge in [0.2, 0.25) is 22.8 Å². The second-order valence-corrected chi connectivity index (χ2v) is 10.5. The number of hydrogen-bond donors (Lipinski definition) is 5. The maximum Gasteiger partial charge on any atom is 0.408 e. The van der Waals surface area contributed by atoms with Crippen molar-refractivity contribution in [1.29, 1.82) is 0 Å². The maximum atomic E-state index is 13.4. The summed E-state index contributed by atoms with van der Waals surface area (Å²) in [6, 6.07) is 15.2. The quantitative estimate of drug-likeness (QED) is 0.234. The molecule has 0 aromatic heterocycles. The number of hydrogen-bond acceptors (Lipinski definition) is 6. The number of amides is 4. The minimum atomic E-state index is -1.06. The summed E-state index contributed by atoms with van der Waals surface area (Å²) in [6.07, 6.45) is 0.0322. The highest BCUT2D eigenvalue weighted by atomic mass is 32.1. The van der Waals surface area contributed by atoms with Gasteiger partial charge in [-0.2, -0.15) is 0 Å². The highest BCUT2D eigenvalue weighted by Crippen LogP contribution is 2.18. The molecule has 11 heteroatoms. The Kier molecular flexibility index (Phi) is 11.6. The van der Waals surface area contributed by atoms with E-state index in [-0.39, 0.29) is 31.3 Å². The van der Waals surface area contributed by atoms with Crippen molar-refractivity contribution >= 4 is 41.6 Å². The predicted molar refractivity (Wildman–Crippen MR) is 152 cm³/mol. The first-order valence-electron chi connectivity index (χ1n) is 13.3. The number of rotatable bonds is 13. The van der Waals surface area contributed by atoms with Gasteiger partial charge in [-0.25, -0.2) is 4.79 Å². The van der Waals surface area contributed by atoms with E-state index in [0.29, 0.717) is 13.0 Å². The van der Waals surface area contributed by atoms with Gasteiger partial charge in [-0.15, -0.1) is 12.6 Å². The van der Waals surface area contributed by atoms with Crippen LogP contribution in [0.2, 0.25) is 0 Å². The van der Waals surface area contributed by atoms with Gasteiger partial charge in [-0.3, -0.25) is 19.2 Å². The zero-order valence-electron chi connectivity index (χ0n) is 22.6.